The number of hydrogen-bond donors (Lipinski definition) is 0. The van der Waals surface area contributed by atoms with Crippen molar-refractivity contribution >= 4 is 0 Å². The van der Waals surface area contributed by atoms with E-state index in [4.69, 9.17) is 4.74 Å². The van der Waals surface area contributed by atoms with Crippen LogP contribution in [0.4, 0.5) is 4.39 Å². The van der Waals surface area contributed by atoms with Crippen molar-refractivity contribution in [3.05, 3.63) is 42.2 Å². The third-order valence-electron chi connectivity index (χ3n) is 8.00. The molecular weight excluding hydrogens is 383 g/mol. The standard InChI is InChI=1S/C29H45FO/c1-2-3-6-23-31-29-20-18-28(19-21-29)27-16-14-26(15-17-27)13-12-25-10-8-24(9-11-25)7-4-5-22-30/h5,18-22,24-27H,2-4,6-17,23H2,1H3/b22-5+. The second kappa shape index (κ2) is 14.0. The third kappa shape index (κ3) is 8.62. The number of rotatable bonds is 12. The quantitative estimate of drug-likeness (QED) is 0.301. The molecule has 0 bridgehead atoms. The lowest BCUT2D eigenvalue weighted by Gasteiger charge is -2.32. The van der Waals surface area contributed by atoms with Gasteiger partial charge in [0.05, 0.1) is 12.9 Å². The maximum Gasteiger partial charge on any atom is 0.119 e. The Morgan fingerprint density at radius 1 is 0.806 bits per heavy atom. The van der Waals surface area contributed by atoms with E-state index in [1.807, 2.05) is 0 Å². The molecule has 0 spiro atoms. The number of unbranched alkanes of at least 4 members (excludes halogenated alkanes) is 2. The van der Waals surface area contributed by atoms with Gasteiger partial charge >= 0.3 is 0 Å². The largest absolute Gasteiger partial charge is 0.494 e. The molecule has 0 atom stereocenters. The molecule has 1 aromatic carbocycles. The summed E-state index contributed by atoms with van der Waals surface area (Å²) in [5.41, 5.74) is 1.51. The Bertz CT molecular complexity index is 606. The van der Waals surface area contributed by atoms with E-state index in [2.05, 4.69) is 31.2 Å². The molecule has 0 radical (unpaired) electrons. The minimum atomic E-state index is 0.708. The Kier molecular flexibility index (Phi) is 11.0. The number of ether oxygens (including phenoxy) is 1. The summed E-state index contributed by atoms with van der Waals surface area (Å²) in [4.78, 5) is 0. The molecule has 2 aliphatic rings. The first-order valence-electron chi connectivity index (χ1n) is 13.3. The van der Waals surface area contributed by atoms with Crippen molar-refractivity contribution in [2.24, 2.45) is 17.8 Å². The average Bonchev–Trinajstić information content (AvgIpc) is 2.82. The first kappa shape index (κ1) is 24.3. The van der Waals surface area contributed by atoms with Crippen LogP contribution in [0.1, 0.15) is 115 Å². The molecule has 2 fully saturated rings. The first-order chi connectivity index (χ1) is 15.3. The normalized spacial score (nSPS) is 26.9. The summed E-state index contributed by atoms with van der Waals surface area (Å²) in [5, 5.41) is 0. The fraction of sp³-hybridized carbons (Fsp3) is 0.724. The van der Waals surface area contributed by atoms with Crippen molar-refractivity contribution in [3.63, 3.8) is 0 Å². The van der Waals surface area contributed by atoms with E-state index in [1.165, 1.54) is 89.0 Å². The van der Waals surface area contributed by atoms with Crippen molar-refractivity contribution in [1.29, 1.82) is 0 Å². The van der Waals surface area contributed by atoms with Gasteiger partial charge in [0.1, 0.15) is 5.75 Å². The molecule has 2 heteroatoms. The molecule has 0 aliphatic heterocycles. The molecular formula is C29H45FO. The van der Waals surface area contributed by atoms with Gasteiger partial charge in [0.2, 0.25) is 0 Å². The van der Waals surface area contributed by atoms with Crippen molar-refractivity contribution in [3.8, 4) is 5.75 Å². The number of halogens is 1. The smallest absolute Gasteiger partial charge is 0.119 e. The maximum absolute atomic E-state index is 12.1. The van der Waals surface area contributed by atoms with Gasteiger partial charge in [0.15, 0.2) is 0 Å². The van der Waals surface area contributed by atoms with E-state index in [1.54, 1.807) is 6.08 Å². The van der Waals surface area contributed by atoms with Crippen LogP contribution in [0.5, 0.6) is 5.75 Å². The number of benzene rings is 1. The Labute approximate surface area is 190 Å². The Morgan fingerprint density at radius 3 is 1.97 bits per heavy atom. The van der Waals surface area contributed by atoms with E-state index >= 15 is 0 Å². The van der Waals surface area contributed by atoms with Gasteiger partial charge in [-0.3, -0.25) is 0 Å². The minimum Gasteiger partial charge on any atom is -0.494 e. The fourth-order valence-electron chi connectivity index (χ4n) is 5.84. The Morgan fingerprint density at radius 2 is 1.39 bits per heavy atom. The highest BCUT2D eigenvalue weighted by Crippen LogP contribution is 2.40. The Balaban J connectivity index is 1.29. The van der Waals surface area contributed by atoms with E-state index in [9.17, 15) is 4.39 Å². The van der Waals surface area contributed by atoms with Crippen molar-refractivity contribution in [2.75, 3.05) is 6.61 Å². The summed E-state index contributed by atoms with van der Waals surface area (Å²) in [5.74, 6) is 4.53. The van der Waals surface area contributed by atoms with Crippen LogP contribution < -0.4 is 4.74 Å². The highest BCUT2D eigenvalue weighted by atomic mass is 19.1. The monoisotopic (exact) mass is 428 g/mol. The summed E-state index contributed by atoms with van der Waals surface area (Å²) in [6.07, 6.45) is 22.1. The number of hydrogen-bond acceptors (Lipinski definition) is 1. The van der Waals surface area contributed by atoms with Crippen molar-refractivity contribution in [1.82, 2.24) is 0 Å². The van der Waals surface area contributed by atoms with Crippen LogP contribution >= 0.6 is 0 Å². The van der Waals surface area contributed by atoms with Gasteiger partial charge in [0.25, 0.3) is 0 Å². The van der Waals surface area contributed by atoms with Crippen LogP contribution in [0.2, 0.25) is 0 Å². The number of allylic oxidation sites excluding steroid dienone is 1. The lowest BCUT2D eigenvalue weighted by Crippen LogP contribution is -2.17. The van der Waals surface area contributed by atoms with Crippen LogP contribution in [-0.2, 0) is 0 Å². The lowest BCUT2D eigenvalue weighted by molar-refractivity contribution is 0.225. The molecule has 1 aromatic rings. The Hall–Kier alpha value is -1.31. The van der Waals surface area contributed by atoms with E-state index in [0.717, 1.165) is 48.9 Å². The van der Waals surface area contributed by atoms with Gasteiger partial charge in [-0.2, -0.15) is 0 Å². The molecule has 0 unspecified atom stereocenters. The van der Waals surface area contributed by atoms with E-state index in [-0.39, 0.29) is 0 Å². The molecule has 0 amide bonds. The molecule has 0 aromatic heterocycles. The molecule has 0 N–H and O–H groups in total. The molecule has 2 saturated carbocycles. The van der Waals surface area contributed by atoms with Crippen LogP contribution in [0.15, 0.2) is 36.7 Å². The van der Waals surface area contributed by atoms with Gasteiger partial charge < -0.3 is 4.74 Å². The van der Waals surface area contributed by atoms with Crippen molar-refractivity contribution < 1.29 is 9.13 Å². The molecule has 0 saturated heterocycles. The zero-order valence-electron chi connectivity index (χ0n) is 19.9. The lowest BCUT2D eigenvalue weighted by atomic mass is 9.74. The SMILES string of the molecule is CCCCCOc1ccc(C2CCC(CCC3CCC(CC/C=C/F)CC3)CC2)cc1. The molecule has 174 valence electrons. The zero-order valence-corrected chi connectivity index (χ0v) is 19.9. The predicted octanol–water partition coefficient (Wildman–Crippen LogP) is 9.38. The van der Waals surface area contributed by atoms with Gasteiger partial charge in [-0.15, -0.1) is 0 Å². The van der Waals surface area contributed by atoms with Crippen LogP contribution in [0.3, 0.4) is 0 Å². The molecule has 31 heavy (non-hydrogen) atoms. The average molecular weight is 429 g/mol. The van der Waals surface area contributed by atoms with Gasteiger partial charge in [-0.05, 0) is 86.3 Å². The molecule has 1 nitrogen and oxygen atoms in total. The van der Waals surface area contributed by atoms with Gasteiger partial charge in [-0.1, -0.05) is 76.5 Å². The second-order valence-electron chi connectivity index (χ2n) is 10.2. The fourth-order valence-corrected chi connectivity index (χ4v) is 5.84. The molecule has 3 rings (SSSR count). The summed E-state index contributed by atoms with van der Waals surface area (Å²) < 4.78 is 18.0. The summed E-state index contributed by atoms with van der Waals surface area (Å²) in [6, 6.07) is 8.97. The van der Waals surface area contributed by atoms with E-state index < -0.39 is 0 Å². The molecule has 2 aliphatic carbocycles. The minimum absolute atomic E-state index is 0.708. The van der Waals surface area contributed by atoms with Crippen LogP contribution in [0, 0.1) is 17.8 Å². The highest BCUT2D eigenvalue weighted by Gasteiger charge is 2.25. The maximum atomic E-state index is 12.1. The zero-order chi connectivity index (χ0) is 21.7. The van der Waals surface area contributed by atoms with E-state index in [0.29, 0.717) is 6.33 Å². The third-order valence-corrected chi connectivity index (χ3v) is 8.00. The second-order valence-corrected chi connectivity index (χ2v) is 10.2. The van der Waals surface area contributed by atoms with Crippen LogP contribution in [0.25, 0.3) is 0 Å². The highest BCUT2D eigenvalue weighted by molar-refractivity contribution is 5.29. The van der Waals surface area contributed by atoms with Crippen molar-refractivity contribution in [2.45, 2.75) is 109 Å². The summed E-state index contributed by atoms with van der Waals surface area (Å²) in [6.45, 7) is 3.07. The predicted molar refractivity (Wildman–Crippen MR) is 130 cm³/mol. The summed E-state index contributed by atoms with van der Waals surface area (Å²) in [7, 11) is 0. The topological polar surface area (TPSA) is 9.23 Å². The van der Waals surface area contributed by atoms with Crippen LogP contribution in [-0.4, -0.2) is 6.61 Å². The summed E-state index contributed by atoms with van der Waals surface area (Å²) >= 11 is 0. The first-order valence-corrected chi connectivity index (χ1v) is 13.3. The van der Waals surface area contributed by atoms with Gasteiger partial charge in [0, 0.05) is 0 Å². The molecule has 0 heterocycles. The van der Waals surface area contributed by atoms with Gasteiger partial charge in [-0.25, -0.2) is 4.39 Å².